The first-order valence-electron chi connectivity index (χ1n) is 22.1. The Morgan fingerprint density at radius 1 is 0.333 bits per heavy atom. The maximum absolute atomic E-state index is 5.65. The van der Waals surface area contributed by atoms with Crippen molar-refractivity contribution in [1.29, 1.82) is 0 Å². The van der Waals surface area contributed by atoms with Crippen LogP contribution in [0, 0.1) is 6.92 Å². The number of aryl methyl sites for hydroxylation is 1. The van der Waals surface area contributed by atoms with E-state index in [4.69, 9.17) is 4.42 Å². The Balaban J connectivity index is 0.000000290. The van der Waals surface area contributed by atoms with Gasteiger partial charge in [0.1, 0.15) is 11.2 Å². The molecule has 0 spiro atoms. The molecule has 0 fully saturated rings. The summed E-state index contributed by atoms with van der Waals surface area (Å²) < 4.78 is 5.65. The second-order valence-corrected chi connectivity index (χ2v) is 18.2. The first kappa shape index (κ1) is 38.5. The zero-order chi connectivity index (χ0) is 42.9. The van der Waals surface area contributed by atoms with E-state index >= 15 is 0 Å². The number of rotatable bonds is 5. The summed E-state index contributed by atoms with van der Waals surface area (Å²) in [5, 5.41) is 2.39. The lowest BCUT2D eigenvalue weighted by atomic mass is 9.82. The topological polar surface area (TPSA) is 16.4 Å². The zero-order valence-corrected chi connectivity index (χ0v) is 36.5. The Hall–Kier alpha value is -7.42. The molecule has 63 heavy (non-hydrogen) atoms. The average molecular weight is 812 g/mol. The molecule has 1 aromatic heterocycles. The molecule has 10 aromatic rings. The Morgan fingerprint density at radius 2 is 0.683 bits per heavy atom. The van der Waals surface area contributed by atoms with Crippen molar-refractivity contribution in [3.8, 4) is 44.5 Å². The lowest BCUT2D eigenvalue weighted by Gasteiger charge is -2.26. The number of hydrogen-bond acceptors (Lipinski definition) is 2. The molecule has 0 unspecified atom stereocenters. The molecule has 0 atom stereocenters. The minimum atomic E-state index is -0.0182. The van der Waals surface area contributed by atoms with Gasteiger partial charge < -0.3 is 9.32 Å². The third kappa shape index (κ3) is 6.31. The standard InChI is InChI=1S/C49H41N.C12H8O/c1-32-20-26-35(27-21-32)50(36-28-22-33(23-29-36)38-14-10-18-44-46(38)40-12-6-8-16-42(40)48(44,2)3)37-30-24-34(25-31-37)39-15-11-19-45-47(39)41-13-7-9-17-43(41)49(45,4)5;1-3-7-11-9(5-1)10-6-2-4-8-12(10)13-11/h6-31H,1-5H3;1-8H. The largest absolute Gasteiger partial charge is 0.456 e. The quantitative estimate of drug-likeness (QED) is 0.172. The van der Waals surface area contributed by atoms with Gasteiger partial charge in [0.2, 0.25) is 0 Å². The van der Waals surface area contributed by atoms with Crippen LogP contribution in [0.2, 0.25) is 0 Å². The molecular weight excluding hydrogens is 763 g/mol. The van der Waals surface area contributed by atoms with Gasteiger partial charge in [-0.15, -0.1) is 0 Å². The summed E-state index contributed by atoms with van der Waals surface area (Å²) >= 11 is 0. The van der Waals surface area contributed by atoms with Gasteiger partial charge in [-0.05, 0) is 122 Å². The van der Waals surface area contributed by atoms with Crippen molar-refractivity contribution in [2.75, 3.05) is 4.90 Å². The summed E-state index contributed by atoms with van der Waals surface area (Å²) in [7, 11) is 0. The van der Waals surface area contributed by atoms with E-state index in [0.717, 1.165) is 28.2 Å². The molecule has 0 saturated carbocycles. The average Bonchev–Trinajstić information content (AvgIpc) is 3.90. The van der Waals surface area contributed by atoms with Crippen LogP contribution in [-0.2, 0) is 10.8 Å². The van der Waals surface area contributed by atoms with Gasteiger partial charge in [-0.2, -0.15) is 0 Å². The maximum Gasteiger partial charge on any atom is 0.135 e. The van der Waals surface area contributed by atoms with Crippen LogP contribution in [-0.4, -0.2) is 0 Å². The third-order valence-electron chi connectivity index (χ3n) is 13.7. The molecule has 9 aromatic carbocycles. The van der Waals surface area contributed by atoms with Crippen molar-refractivity contribution >= 4 is 39.0 Å². The summed E-state index contributed by atoms with van der Waals surface area (Å²) in [5.74, 6) is 0. The van der Waals surface area contributed by atoms with E-state index in [9.17, 15) is 0 Å². The maximum atomic E-state index is 5.65. The normalized spacial score (nSPS) is 13.7. The number of hydrogen-bond donors (Lipinski definition) is 0. The van der Waals surface area contributed by atoms with E-state index in [1.165, 1.54) is 83.1 Å². The van der Waals surface area contributed by atoms with E-state index in [-0.39, 0.29) is 10.8 Å². The highest BCUT2D eigenvalue weighted by molar-refractivity contribution is 6.04. The van der Waals surface area contributed by atoms with Gasteiger partial charge >= 0.3 is 0 Å². The van der Waals surface area contributed by atoms with Crippen molar-refractivity contribution < 1.29 is 4.42 Å². The summed E-state index contributed by atoms with van der Waals surface area (Å²) in [6.45, 7) is 11.5. The number of furan rings is 1. The fraction of sp³-hybridized carbons (Fsp3) is 0.115. The fourth-order valence-corrected chi connectivity index (χ4v) is 10.4. The Kier molecular flexibility index (Phi) is 9.10. The second-order valence-electron chi connectivity index (χ2n) is 18.2. The molecular formula is C61H49NO. The van der Waals surface area contributed by atoms with E-state index < -0.39 is 0 Å². The molecule has 2 heteroatoms. The van der Waals surface area contributed by atoms with Crippen molar-refractivity contribution in [2.24, 2.45) is 0 Å². The van der Waals surface area contributed by atoms with Gasteiger partial charge in [0.05, 0.1) is 0 Å². The van der Waals surface area contributed by atoms with E-state index in [1.54, 1.807) is 0 Å². The van der Waals surface area contributed by atoms with Crippen LogP contribution in [0.5, 0.6) is 0 Å². The Morgan fingerprint density at radius 3 is 1.13 bits per heavy atom. The number of anilines is 3. The molecule has 0 radical (unpaired) electrons. The van der Waals surface area contributed by atoms with Crippen LogP contribution >= 0.6 is 0 Å². The monoisotopic (exact) mass is 811 g/mol. The van der Waals surface area contributed by atoms with Gasteiger partial charge in [-0.25, -0.2) is 0 Å². The number of fused-ring (bicyclic) bond motifs is 9. The van der Waals surface area contributed by atoms with Gasteiger partial charge in [0.25, 0.3) is 0 Å². The van der Waals surface area contributed by atoms with Gasteiger partial charge in [-0.1, -0.05) is 191 Å². The van der Waals surface area contributed by atoms with Crippen LogP contribution in [0.25, 0.3) is 66.4 Å². The smallest absolute Gasteiger partial charge is 0.135 e. The van der Waals surface area contributed by atoms with E-state index in [2.05, 4.69) is 209 Å². The molecule has 0 N–H and O–H groups in total. The highest BCUT2D eigenvalue weighted by atomic mass is 16.3. The molecule has 1 heterocycles. The predicted octanol–water partition coefficient (Wildman–Crippen LogP) is 17.0. The van der Waals surface area contributed by atoms with Crippen LogP contribution in [0.15, 0.2) is 211 Å². The highest BCUT2D eigenvalue weighted by Gasteiger charge is 2.37. The highest BCUT2D eigenvalue weighted by Crippen LogP contribution is 2.53. The molecule has 0 aliphatic heterocycles. The molecule has 2 aliphatic rings. The minimum absolute atomic E-state index is 0.0182. The summed E-state index contributed by atoms with van der Waals surface area (Å²) in [6.07, 6.45) is 0. The molecule has 0 bridgehead atoms. The Bertz CT molecular complexity index is 3130. The molecule has 0 amide bonds. The summed E-state index contributed by atoms with van der Waals surface area (Å²) in [5.41, 5.74) is 22.6. The van der Waals surface area contributed by atoms with Crippen molar-refractivity contribution in [2.45, 2.75) is 45.4 Å². The third-order valence-corrected chi connectivity index (χ3v) is 13.7. The number of benzene rings is 9. The molecule has 304 valence electrons. The lowest BCUT2D eigenvalue weighted by Crippen LogP contribution is -2.14. The molecule has 2 nitrogen and oxygen atoms in total. The van der Waals surface area contributed by atoms with Gasteiger partial charge in [0.15, 0.2) is 0 Å². The molecule has 2 aliphatic carbocycles. The lowest BCUT2D eigenvalue weighted by molar-refractivity contribution is 0.660. The minimum Gasteiger partial charge on any atom is -0.456 e. The van der Waals surface area contributed by atoms with Gasteiger partial charge in [-0.3, -0.25) is 0 Å². The van der Waals surface area contributed by atoms with Crippen molar-refractivity contribution in [3.63, 3.8) is 0 Å². The van der Waals surface area contributed by atoms with Crippen LogP contribution < -0.4 is 4.90 Å². The van der Waals surface area contributed by atoms with E-state index in [0.29, 0.717) is 0 Å². The van der Waals surface area contributed by atoms with Crippen molar-refractivity contribution in [1.82, 2.24) is 0 Å². The van der Waals surface area contributed by atoms with Crippen LogP contribution in [0.1, 0.15) is 55.5 Å². The Labute approximate surface area is 370 Å². The predicted molar refractivity (Wildman–Crippen MR) is 266 cm³/mol. The van der Waals surface area contributed by atoms with Crippen LogP contribution in [0.3, 0.4) is 0 Å². The van der Waals surface area contributed by atoms with Gasteiger partial charge in [0, 0.05) is 38.7 Å². The summed E-state index contributed by atoms with van der Waals surface area (Å²) in [6, 6.07) is 74.7. The molecule has 12 rings (SSSR count). The number of para-hydroxylation sites is 2. The number of nitrogens with zero attached hydrogens (tertiary/aromatic N) is 1. The van der Waals surface area contributed by atoms with Crippen LogP contribution in [0.4, 0.5) is 17.1 Å². The zero-order valence-electron chi connectivity index (χ0n) is 36.5. The van der Waals surface area contributed by atoms with E-state index in [1.807, 2.05) is 36.4 Å². The first-order valence-corrected chi connectivity index (χ1v) is 22.1. The SMILES string of the molecule is Cc1ccc(N(c2ccc(-c3cccc4c3-c3ccccc3C4(C)C)cc2)c2ccc(-c3cccc4c3-c3ccccc3C4(C)C)cc2)cc1.c1ccc2c(c1)oc1ccccc12. The van der Waals surface area contributed by atoms with Crippen molar-refractivity contribution in [3.05, 3.63) is 234 Å². The fourth-order valence-electron chi connectivity index (χ4n) is 10.4. The second kappa shape index (κ2) is 14.9. The first-order chi connectivity index (χ1) is 30.7. The summed E-state index contributed by atoms with van der Waals surface area (Å²) in [4.78, 5) is 2.37. The molecule has 0 saturated heterocycles.